The molecular weight excluding hydrogens is 447 g/mol. The Morgan fingerprint density at radius 2 is 1.59 bits per heavy atom. The van der Waals surface area contributed by atoms with Crippen LogP contribution in [-0.4, -0.2) is 37.0 Å². The number of anilines is 1. The monoisotopic (exact) mass is 478 g/mol. The molecule has 0 aliphatic carbocycles. The minimum Gasteiger partial charge on any atom is -0.311 e. The summed E-state index contributed by atoms with van der Waals surface area (Å²) in [4.78, 5) is 18.2. The Balaban J connectivity index is 0.00000274. The third kappa shape index (κ3) is 4.25. The van der Waals surface area contributed by atoms with Crippen LogP contribution in [0.1, 0.15) is 48.8 Å². The second-order valence-electron chi connectivity index (χ2n) is 9.26. The molecule has 3 aromatic carbocycles. The lowest BCUT2D eigenvalue weighted by Gasteiger charge is -2.36. The molecule has 0 aromatic heterocycles. The molecule has 1 atom stereocenters. The van der Waals surface area contributed by atoms with Crippen LogP contribution >= 0.6 is 12.4 Å². The maximum atomic E-state index is 14.4. The molecule has 1 fully saturated rings. The van der Waals surface area contributed by atoms with E-state index >= 15 is 0 Å². The van der Waals surface area contributed by atoms with Crippen LogP contribution in [0.2, 0.25) is 0 Å². The summed E-state index contributed by atoms with van der Waals surface area (Å²) in [5.74, 6) is 0.378. The van der Waals surface area contributed by atoms with Crippen molar-refractivity contribution < 1.29 is 9.18 Å². The molecule has 0 spiro atoms. The van der Waals surface area contributed by atoms with Crippen LogP contribution < -0.4 is 4.90 Å². The number of nitrogens with zero attached hydrogens (tertiary/aromatic N) is 2. The number of fused-ring (bicyclic) bond motifs is 1. The van der Waals surface area contributed by atoms with Crippen molar-refractivity contribution in [2.45, 2.75) is 37.5 Å². The van der Waals surface area contributed by atoms with E-state index in [0.29, 0.717) is 18.9 Å². The van der Waals surface area contributed by atoms with Crippen LogP contribution in [0.3, 0.4) is 0 Å². The number of halogens is 2. The Kier molecular flexibility index (Phi) is 7.39. The highest BCUT2D eigenvalue weighted by atomic mass is 35.5. The molecule has 5 rings (SSSR count). The summed E-state index contributed by atoms with van der Waals surface area (Å²) in [5.41, 5.74) is 3.18. The van der Waals surface area contributed by atoms with Crippen molar-refractivity contribution in [1.82, 2.24) is 4.90 Å². The predicted molar refractivity (Wildman–Crippen MR) is 138 cm³/mol. The van der Waals surface area contributed by atoms with Crippen LogP contribution in [0.15, 0.2) is 78.9 Å². The average Bonchev–Trinajstić information content (AvgIpc) is 3.11. The number of rotatable bonds is 6. The highest BCUT2D eigenvalue weighted by Gasteiger charge is 2.51. The van der Waals surface area contributed by atoms with E-state index in [-0.39, 0.29) is 24.1 Å². The SMILES string of the molecule is CCN1C(=O)C(CCN2CCC(c3ccccc3)CC2)(c2ccccc2)c2cc(F)ccc21.Cl. The first kappa shape index (κ1) is 24.4. The predicted octanol–water partition coefficient (Wildman–Crippen LogP) is 6.17. The van der Waals surface area contributed by atoms with Gasteiger partial charge < -0.3 is 9.80 Å². The van der Waals surface area contributed by atoms with Crippen LogP contribution in [0, 0.1) is 5.82 Å². The summed E-state index contributed by atoms with van der Waals surface area (Å²) < 4.78 is 14.4. The number of amides is 1. The molecule has 3 aromatic rings. The summed E-state index contributed by atoms with van der Waals surface area (Å²) in [6, 6.07) is 25.5. The highest BCUT2D eigenvalue weighted by Crippen LogP contribution is 2.48. The van der Waals surface area contributed by atoms with E-state index in [1.54, 1.807) is 12.1 Å². The van der Waals surface area contributed by atoms with Gasteiger partial charge in [-0.25, -0.2) is 4.39 Å². The summed E-state index contributed by atoms with van der Waals surface area (Å²) in [7, 11) is 0. The van der Waals surface area contributed by atoms with E-state index in [2.05, 4.69) is 35.2 Å². The molecule has 0 saturated carbocycles. The molecule has 0 radical (unpaired) electrons. The fraction of sp³-hybridized carbons (Fsp3) is 0.345. The van der Waals surface area contributed by atoms with Crippen molar-refractivity contribution in [2.24, 2.45) is 0 Å². The summed E-state index contributed by atoms with van der Waals surface area (Å²) in [5, 5.41) is 0. The largest absolute Gasteiger partial charge is 0.311 e. The van der Waals surface area contributed by atoms with Gasteiger partial charge in [-0.3, -0.25) is 4.79 Å². The number of hydrogen-bond donors (Lipinski definition) is 0. The first-order chi connectivity index (χ1) is 16.1. The van der Waals surface area contributed by atoms with Crippen molar-refractivity contribution in [2.75, 3.05) is 31.1 Å². The van der Waals surface area contributed by atoms with Crippen LogP contribution in [0.4, 0.5) is 10.1 Å². The molecule has 3 nitrogen and oxygen atoms in total. The van der Waals surface area contributed by atoms with Gasteiger partial charge in [0.25, 0.3) is 0 Å². The molecule has 0 bridgehead atoms. The number of benzene rings is 3. The smallest absolute Gasteiger partial charge is 0.242 e. The number of carbonyl (C=O) groups is 1. The maximum Gasteiger partial charge on any atom is 0.242 e. The molecule has 0 N–H and O–H groups in total. The van der Waals surface area contributed by atoms with Gasteiger partial charge in [-0.2, -0.15) is 0 Å². The fourth-order valence-corrected chi connectivity index (χ4v) is 5.78. The zero-order chi connectivity index (χ0) is 22.8. The van der Waals surface area contributed by atoms with Gasteiger partial charge in [0, 0.05) is 12.2 Å². The normalized spacial score (nSPS) is 20.8. The number of likely N-dealkylation sites (N-methyl/N-ethyl adjacent to an activating group) is 1. The molecule has 2 aliphatic rings. The Morgan fingerprint density at radius 3 is 2.24 bits per heavy atom. The Morgan fingerprint density at radius 1 is 0.941 bits per heavy atom. The molecule has 1 amide bonds. The third-order valence-electron chi connectivity index (χ3n) is 7.56. The van der Waals surface area contributed by atoms with E-state index < -0.39 is 5.41 Å². The Bertz CT molecular complexity index is 1120. The number of carbonyl (C=O) groups excluding carboxylic acids is 1. The molecule has 1 saturated heterocycles. The minimum atomic E-state index is -0.842. The lowest BCUT2D eigenvalue weighted by molar-refractivity contribution is -0.122. The van der Waals surface area contributed by atoms with E-state index in [1.165, 1.54) is 11.6 Å². The quantitative estimate of drug-likeness (QED) is 0.423. The van der Waals surface area contributed by atoms with Crippen molar-refractivity contribution in [3.63, 3.8) is 0 Å². The second kappa shape index (κ2) is 10.3. The van der Waals surface area contributed by atoms with Crippen molar-refractivity contribution in [1.29, 1.82) is 0 Å². The molecule has 178 valence electrons. The maximum absolute atomic E-state index is 14.4. The zero-order valence-corrected chi connectivity index (χ0v) is 20.4. The van der Waals surface area contributed by atoms with Gasteiger partial charge in [0.15, 0.2) is 0 Å². The van der Waals surface area contributed by atoms with E-state index in [4.69, 9.17) is 0 Å². The second-order valence-corrected chi connectivity index (χ2v) is 9.26. The van der Waals surface area contributed by atoms with Gasteiger partial charge in [-0.1, -0.05) is 60.7 Å². The summed E-state index contributed by atoms with van der Waals surface area (Å²) >= 11 is 0. The van der Waals surface area contributed by atoms with Gasteiger partial charge in [0.05, 0.1) is 0 Å². The molecule has 34 heavy (non-hydrogen) atoms. The molecule has 5 heteroatoms. The molecule has 1 unspecified atom stereocenters. The molecule has 2 aliphatic heterocycles. The molecular formula is C29H32ClFN2O. The number of hydrogen-bond acceptors (Lipinski definition) is 2. The van der Waals surface area contributed by atoms with Gasteiger partial charge in [-0.05, 0) is 86.6 Å². The first-order valence-electron chi connectivity index (χ1n) is 12.1. The zero-order valence-electron chi connectivity index (χ0n) is 19.6. The van der Waals surface area contributed by atoms with Crippen LogP contribution in [-0.2, 0) is 10.2 Å². The lowest BCUT2D eigenvalue weighted by Crippen LogP contribution is -2.44. The van der Waals surface area contributed by atoms with E-state index in [0.717, 1.165) is 49.3 Å². The van der Waals surface area contributed by atoms with Crippen LogP contribution in [0.25, 0.3) is 0 Å². The fourth-order valence-electron chi connectivity index (χ4n) is 5.78. The summed E-state index contributed by atoms with van der Waals surface area (Å²) in [6.45, 7) is 5.42. The topological polar surface area (TPSA) is 23.6 Å². The van der Waals surface area contributed by atoms with Gasteiger partial charge in [0.1, 0.15) is 11.2 Å². The first-order valence-corrected chi connectivity index (χ1v) is 12.1. The van der Waals surface area contributed by atoms with Gasteiger partial charge in [0.2, 0.25) is 5.91 Å². The molecule has 2 heterocycles. The van der Waals surface area contributed by atoms with Gasteiger partial charge >= 0.3 is 0 Å². The Labute approximate surface area is 208 Å². The summed E-state index contributed by atoms with van der Waals surface area (Å²) in [6.07, 6.45) is 2.91. The Hall–Kier alpha value is -2.69. The standard InChI is InChI=1S/C29H31FN2O.ClH/c1-2-32-27-14-13-25(30)21-26(27)29(28(32)33,24-11-7-4-8-12-24)17-20-31-18-15-23(16-19-31)22-9-5-3-6-10-22;/h3-14,21,23H,2,15-20H2,1H3;1H. The third-order valence-corrected chi connectivity index (χ3v) is 7.56. The highest BCUT2D eigenvalue weighted by molar-refractivity contribution is 6.10. The average molecular weight is 479 g/mol. The van der Waals surface area contributed by atoms with E-state index in [9.17, 15) is 9.18 Å². The van der Waals surface area contributed by atoms with Crippen LogP contribution in [0.5, 0.6) is 0 Å². The number of piperidine rings is 1. The lowest BCUT2D eigenvalue weighted by atomic mass is 9.72. The van der Waals surface area contributed by atoms with Crippen molar-refractivity contribution in [3.05, 3.63) is 101 Å². The van der Waals surface area contributed by atoms with Crippen molar-refractivity contribution in [3.8, 4) is 0 Å². The number of likely N-dealkylation sites (tertiary alicyclic amines) is 1. The minimum absolute atomic E-state index is 0. The van der Waals surface area contributed by atoms with Gasteiger partial charge in [-0.15, -0.1) is 12.4 Å². The van der Waals surface area contributed by atoms with Crippen molar-refractivity contribution >= 4 is 24.0 Å². The van der Waals surface area contributed by atoms with E-state index in [1.807, 2.05) is 42.2 Å².